The first-order valence-electron chi connectivity index (χ1n) is 5.48. The monoisotopic (exact) mass is 312 g/mol. The molecular weight excluding hydrogens is 295 g/mol. The van der Waals surface area contributed by atoms with Crippen LogP contribution in [0.3, 0.4) is 0 Å². The van der Waals surface area contributed by atoms with Gasteiger partial charge in [0.1, 0.15) is 0 Å². The van der Waals surface area contributed by atoms with Crippen LogP contribution in [0.4, 0.5) is 0 Å². The zero-order valence-electron chi connectivity index (χ0n) is 11.3. The van der Waals surface area contributed by atoms with Gasteiger partial charge in [0.15, 0.2) is 0 Å². The molecule has 0 bridgehead atoms. The zero-order chi connectivity index (χ0) is 11.1. The van der Waals surface area contributed by atoms with Crippen LogP contribution in [0.15, 0.2) is 47.6 Å². The summed E-state index contributed by atoms with van der Waals surface area (Å²) in [6.07, 6.45) is 14.3. The van der Waals surface area contributed by atoms with Crippen molar-refractivity contribution in [3.05, 3.63) is 47.6 Å². The minimum Gasteiger partial charge on any atom is -1.00 e. The molecule has 2 rings (SSSR count). The molecule has 0 fully saturated rings. The van der Waals surface area contributed by atoms with Gasteiger partial charge in [-0.3, -0.25) is 0 Å². The number of hydrogen-bond donors (Lipinski definition) is 0. The number of hydrogen-bond acceptors (Lipinski definition) is 0. The molecule has 0 N–H and O–H groups in total. The Bertz CT molecular complexity index is 370. The van der Waals surface area contributed by atoms with E-state index in [0.717, 1.165) is 0 Å². The number of allylic oxidation sites excluding steroid dienone is 8. The van der Waals surface area contributed by atoms with Gasteiger partial charge in [-0.25, -0.2) is 0 Å². The smallest absolute Gasteiger partial charge is 1.00 e. The van der Waals surface area contributed by atoms with Crippen LogP contribution in [0.5, 0.6) is 0 Å². The summed E-state index contributed by atoms with van der Waals surface area (Å²) in [5.74, 6) is 0. The van der Waals surface area contributed by atoms with E-state index in [0.29, 0.717) is 6.25 Å². The normalized spacial score (nSPS) is 35.5. The van der Waals surface area contributed by atoms with E-state index in [1.165, 1.54) is 11.1 Å². The first-order chi connectivity index (χ1) is 6.91. The molecule has 2 aliphatic rings. The van der Waals surface area contributed by atoms with Crippen LogP contribution >= 0.6 is 0 Å². The molecule has 0 spiro atoms. The molecule has 2 unspecified atom stereocenters. The van der Waals surface area contributed by atoms with Crippen molar-refractivity contribution >= 4 is 0 Å². The molecular formula is C14H19ClZr. The maximum atomic E-state index is 2.46. The maximum absolute atomic E-state index is 2.46. The molecule has 0 aromatic carbocycles. The Morgan fingerprint density at radius 2 is 1.31 bits per heavy atom. The van der Waals surface area contributed by atoms with Crippen molar-refractivity contribution in [2.45, 2.75) is 33.9 Å². The molecule has 0 aromatic rings. The van der Waals surface area contributed by atoms with E-state index in [1.54, 1.807) is 0 Å². The summed E-state index contributed by atoms with van der Waals surface area (Å²) in [7, 11) is 0. The molecule has 0 nitrogen and oxygen atoms in total. The van der Waals surface area contributed by atoms with E-state index in [9.17, 15) is 0 Å². The Labute approximate surface area is 118 Å². The summed E-state index contributed by atoms with van der Waals surface area (Å²) >= 11 is -0.529. The van der Waals surface area contributed by atoms with Crippen molar-refractivity contribution in [3.8, 4) is 0 Å². The molecule has 2 heteroatoms. The average Bonchev–Trinajstić information content (AvgIpc) is 2.57. The van der Waals surface area contributed by atoms with Crippen molar-refractivity contribution in [2.24, 2.45) is 0 Å². The molecule has 0 amide bonds. The summed E-state index contributed by atoms with van der Waals surface area (Å²) in [6, 6.07) is 0. The van der Waals surface area contributed by atoms with Crippen LogP contribution in [0, 0.1) is 0 Å². The second-order valence-corrected chi connectivity index (χ2v) is 11.0. The fourth-order valence-corrected chi connectivity index (χ4v) is 7.63. The van der Waals surface area contributed by atoms with E-state index >= 15 is 0 Å². The molecule has 0 aromatic heterocycles. The first kappa shape index (κ1) is 14.2. The van der Waals surface area contributed by atoms with Gasteiger partial charge in [0.05, 0.1) is 0 Å². The van der Waals surface area contributed by atoms with Crippen LogP contribution in [-0.4, -0.2) is 0 Å². The van der Waals surface area contributed by atoms with Crippen molar-refractivity contribution in [3.63, 3.8) is 0 Å². The van der Waals surface area contributed by atoms with Gasteiger partial charge in [0, 0.05) is 0 Å². The Balaban J connectivity index is 0.00000128. The predicted octanol–water partition coefficient (Wildman–Crippen LogP) is 1.57. The van der Waals surface area contributed by atoms with Gasteiger partial charge in [0.2, 0.25) is 0 Å². The molecule has 0 radical (unpaired) electrons. The molecule has 2 atom stereocenters. The Morgan fingerprint density at radius 3 is 1.56 bits per heavy atom. The summed E-state index contributed by atoms with van der Waals surface area (Å²) in [5, 5.41) is 0. The zero-order valence-corrected chi connectivity index (χ0v) is 13.6. The quantitative estimate of drug-likeness (QED) is 0.726. The fourth-order valence-electron chi connectivity index (χ4n) is 2.48. The van der Waals surface area contributed by atoms with E-state index in [4.69, 9.17) is 0 Å². The Morgan fingerprint density at radius 1 is 0.938 bits per heavy atom. The van der Waals surface area contributed by atoms with Crippen molar-refractivity contribution in [1.29, 1.82) is 0 Å². The van der Waals surface area contributed by atoms with Gasteiger partial charge in [-0.2, -0.15) is 0 Å². The largest absolute Gasteiger partial charge is 1.00 e. The summed E-state index contributed by atoms with van der Waals surface area (Å²) in [6.45, 7) is 9.20. The maximum Gasteiger partial charge on any atom is -1.00 e. The van der Waals surface area contributed by atoms with E-state index in [-0.39, 0.29) is 13.8 Å². The molecule has 0 saturated carbocycles. The van der Waals surface area contributed by atoms with Crippen LogP contribution < -0.4 is 12.4 Å². The number of halogens is 1. The van der Waals surface area contributed by atoms with E-state index < -0.39 is 23.2 Å². The Kier molecular flexibility index (Phi) is 4.25. The topological polar surface area (TPSA) is 0 Å². The first-order valence-corrected chi connectivity index (χ1v) is 7.93. The number of rotatable bonds is 2. The van der Waals surface area contributed by atoms with Gasteiger partial charge < -0.3 is 13.8 Å². The molecule has 16 heavy (non-hydrogen) atoms. The summed E-state index contributed by atoms with van der Waals surface area (Å²) in [5.41, 5.74) is 2.87. The van der Waals surface area contributed by atoms with Crippen molar-refractivity contribution in [1.82, 2.24) is 0 Å². The SMILES string of the molecule is CC1=C[C](C)([Zr+2][C]2(C)C=CC(C)=C2)C=C1.[Cl-].[H-]. The van der Waals surface area contributed by atoms with Crippen LogP contribution in [0.2, 0.25) is 6.25 Å². The molecule has 2 aliphatic carbocycles. The van der Waals surface area contributed by atoms with Gasteiger partial charge in [0.25, 0.3) is 0 Å². The van der Waals surface area contributed by atoms with Crippen molar-refractivity contribution < 1.29 is 37.1 Å². The summed E-state index contributed by atoms with van der Waals surface area (Å²) < 4.78 is 0.821. The van der Waals surface area contributed by atoms with E-state index in [1.807, 2.05) is 0 Å². The standard InChI is InChI=1S/2C7H9.ClH.Zr.H/c2*1-6-3-4-7(2)5-6;;;/h2*3-5H,1-2H3;1H;;/q;;;+2;-1/p-1. The third kappa shape index (κ3) is 3.08. The third-order valence-corrected chi connectivity index (χ3v) is 7.16. The average molecular weight is 314 g/mol. The summed E-state index contributed by atoms with van der Waals surface area (Å²) in [4.78, 5) is 0. The van der Waals surface area contributed by atoms with Crippen molar-refractivity contribution in [2.75, 3.05) is 0 Å². The van der Waals surface area contributed by atoms with Crippen LogP contribution in [-0.2, 0) is 23.2 Å². The minimum atomic E-state index is -0.529. The van der Waals surface area contributed by atoms with Gasteiger partial charge >= 0.3 is 105 Å². The minimum absolute atomic E-state index is 0. The van der Waals surface area contributed by atoms with Gasteiger partial charge in [-0.1, -0.05) is 0 Å². The van der Waals surface area contributed by atoms with E-state index in [2.05, 4.69) is 64.2 Å². The molecule has 0 heterocycles. The van der Waals surface area contributed by atoms with Crippen LogP contribution in [0.25, 0.3) is 0 Å². The predicted molar refractivity (Wildman–Crippen MR) is 63.6 cm³/mol. The Hall–Kier alpha value is 0.133. The molecule has 0 aliphatic heterocycles. The fraction of sp³-hybridized carbons (Fsp3) is 0.429. The third-order valence-electron chi connectivity index (χ3n) is 2.98. The second-order valence-electron chi connectivity index (χ2n) is 5.13. The van der Waals surface area contributed by atoms with Gasteiger partial charge in [-0.05, 0) is 0 Å². The molecule has 86 valence electrons. The van der Waals surface area contributed by atoms with Gasteiger partial charge in [-0.15, -0.1) is 0 Å². The van der Waals surface area contributed by atoms with Crippen LogP contribution in [0.1, 0.15) is 29.1 Å². The second kappa shape index (κ2) is 4.79. The molecule has 0 saturated heterocycles.